The molecule has 0 amide bonds. The first-order chi connectivity index (χ1) is 8.20. The molecule has 1 aliphatic carbocycles. The van der Waals surface area contributed by atoms with Gasteiger partial charge in [0.05, 0.1) is 6.33 Å². The van der Waals surface area contributed by atoms with Crippen molar-refractivity contribution in [3.05, 3.63) is 20.3 Å². The van der Waals surface area contributed by atoms with E-state index in [4.69, 9.17) is 0 Å². The van der Waals surface area contributed by atoms with Gasteiger partial charge in [0, 0.05) is 6.04 Å². The van der Waals surface area contributed by atoms with Gasteiger partial charge in [-0.1, -0.05) is 26.2 Å². The highest BCUT2D eigenvalue weighted by molar-refractivity contribution is 14.1. The zero-order valence-electron chi connectivity index (χ0n) is 10.0. The third kappa shape index (κ3) is 3.20. The summed E-state index contributed by atoms with van der Waals surface area (Å²) in [6.45, 7) is 2.25. The van der Waals surface area contributed by atoms with Crippen molar-refractivity contribution in [2.75, 3.05) is 5.32 Å². The topological polar surface area (TPSA) is 57.8 Å². The van der Waals surface area contributed by atoms with Gasteiger partial charge >= 0.3 is 0 Å². The van der Waals surface area contributed by atoms with Crippen LogP contribution in [-0.2, 0) is 0 Å². The van der Waals surface area contributed by atoms with E-state index in [0.717, 1.165) is 11.7 Å². The Kier molecular flexibility index (Phi) is 4.42. The number of aromatic nitrogens is 2. The first-order valence-corrected chi connectivity index (χ1v) is 7.28. The van der Waals surface area contributed by atoms with Crippen molar-refractivity contribution in [2.45, 2.75) is 45.1 Å². The van der Waals surface area contributed by atoms with Crippen LogP contribution in [-0.4, -0.2) is 16.0 Å². The molecule has 1 fully saturated rings. The van der Waals surface area contributed by atoms with Gasteiger partial charge in [-0.2, -0.15) is 0 Å². The molecule has 1 aliphatic rings. The van der Waals surface area contributed by atoms with Crippen molar-refractivity contribution < 1.29 is 0 Å². The number of hydrogen-bond acceptors (Lipinski definition) is 3. The third-order valence-corrected chi connectivity index (χ3v) is 4.50. The molecule has 1 saturated carbocycles. The van der Waals surface area contributed by atoms with Gasteiger partial charge in [-0.05, 0) is 41.4 Å². The minimum Gasteiger partial charge on any atom is -0.366 e. The SMILES string of the molecule is CCC1CCCC(Nc2nc[nH]c(=O)c2I)C1. The van der Waals surface area contributed by atoms with Crippen molar-refractivity contribution in [3.8, 4) is 0 Å². The van der Waals surface area contributed by atoms with Gasteiger partial charge in [-0.15, -0.1) is 0 Å². The summed E-state index contributed by atoms with van der Waals surface area (Å²) in [6.07, 6.45) is 7.71. The van der Waals surface area contributed by atoms with Gasteiger partial charge in [0.2, 0.25) is 0 Å². The Hall–Kier alpha value is -0.590. The molecule has 94 valence electrons. The molecule has 0 radical (unpaired) electrons. The smallest absolute Gasteiger partial charge is 0.266 e. The molecule has 17 heavy (non-hydrogen) atoms. The number of halogens is 1. The minimum absolute atomic E-state index is 0.0639. The summed E-state index contributed by atoms with van der Waals surface area (Å²) in [4.78, 5) is 18.3. The number of rotatable bonds is 3. The summed E-state index contributed by atoms with van der Waals surface area (Å²) in [5.41, 5.74) is -0.0639. The standard InChI is InChI=1S/C12H18IN3O/c1-2-8-4-3-5-9(6-8)16-11-10(13)12(17)15-7-14-11/h7-9H,2-6H2,1H3,(H2,14,15,16,17). The summed E-state index contributed by atoms with van der Waals surface area (Å²) in [6, 6.07) is 0.469. The Morgan fingerprint density at radius 3 is 3.18 bits per heavy atom. The molecule has 0 spiro atoms. The zero-order valence-corrected chi connectivity index (χ0v) is 12.2. The van der Waals surface area contributed by atoms with Crippen molar-refractivity contribution in [1.29, 1.82) is 0 Å². The van der Waals surface area contributed by atoms with E-state index in [0.29, 0.717) is 9.61 Å². The fourth-order valence-electron chi connectivity index (χ4n) is 2.47. The lowest BCUT2D eigenvalue weighted by molar-refractivity contribution is 0.327. The van der Waals surface area contributed by atoms with Crippen LogP contribution in [0.25, 0.3) is 0 Å². The highest BCUT2D eigenvalue weighted by atomic mass is 127. The van der Waals surface area contributed by atoms with Crippen LogP contribution in [0.5, 0.6) is 0 Å². The van der Waals surface area contributed by atoms with E-state index in [-0.39, 0.29) is 5.56 Å². The van der Waals surface area contributed by atoms with Crippen molar-refractivity contribution >= 4 is 28.4 Å². The Balaban J connectivity index is 2.05. The molecule has 2 rings (SSSR count). The normalized spacial score (nSPS) is 24.6. The van der Waals surface area contributed by atoms with E-state index >= 15 is 0 Å². The molecule has 0 bridgehead atoms. The van der Waals surface area contributed by atoms with Gasteiger partial charge in [0.15, 0.2) is 0 Å². The Bertz CT molecular complexity index is 432. The van der Waals surface area contributed by atoms with Crippen LogP contribution in [0.2, 0.25) is 0 Å². The molecular formula is C12H18IN3O. The van der Waals surface area contributed by atoms with Crippen LogP contribution in [0.4, 0.5) is 5.82 Å². The molecule has 4 nitrogen and oxygen atoms in total. The number of anilines is 1. The predicted molar refractivity (Wildman–Crippen MR) is 77.2 cm³/mol. The number of H-pyrrole nitrogens is 1. The molecule has 1 aromatic rings. The van der Waals surface area contributed by atoms with Crippen LogP contribution in [0.1, 0.15) is 39.0 Å². The Labute approximate surface area is 115 Å². The van der Waals surface area contributed by atoms with Gasteiger partial charge in [0.25, 0.3) is 5.56 Å². The van der Waals surface area contributed by atoms with Gasteiger partial charge in [-0.25, -0.2) is 4.98 Å². The number of nitrogens with one attached hydrogen (secondary N) is 2. The molecule has 1 aromatic heterocycles. The predicted octanol–water partition coefficient (Wildman–Crippen LogP) is 2.76. The van der Waals surface area contributed by atoms with Crippen molar-refractivity contribution in [2.24, 2.45) is 5.92 Å². The fraction of sp³-hybridized carbons (Fsp3) is 0.667. The van der Waals surface area contributed by atoms with E-state index in [1.54, 1.807) is 0 Å². The summed E-state index contributed by atoms with van der Waals surface area (Å²) < 4.78 is 0.656. The van der Waals surface area contributed by atoms with Gasteiger partial charge in [-0.3, -0.25) is 4.79 Å². The van der Waals surface area contributed by atoms with Crippen LogP contribution in [0, 0.1) is 9.49 Å². The summed E-state index contributed by atoms with van der Waals surface area (Å²) >= 11 is 2.05. The lowest BCUT2D eigenvalue weighted by Gasteiger charge is -2.29. The van der Waals surface area contributed by atoms with Crippen molar-refractivity contribution in [1.82, 2.24) is 9.97 Å². The first kappa shape index (κ1) is 12.9. The number of aromatic amines is 1. The summed E-state index contributed by atoms with van der Waals surface area (Å²) in [7, 11) is 0. The molecule has 0 saturated heterocycles. The third-order valence-electron chi connectivity index (χ3n) is 3.50. The summed E-state index contributed by atoms with van der Waals surface area (Å²) in [5.74, 6) is 1.55. The fourth-order valence-corrected chi connectivity index (χ4v) is 2.92. The molecule has 1 heterocycles. The molecule has 2 unspecified atom stereocenters. The highest BCUT2D eigenvalue weighted by Crippen LogP contribution is 2.28. The van der Waals surface area contributed by atoms with E-state index in [9.17, 15) is 4.79 Å². The number of nitrogens with zero attached hydrogens (tertiary/aromatic N) is 1. The van der Waals surface area contributed by atoms with Crippen LogP contribution >= 0.6 is 22.6 Å². The molecular weight excluding hydrogens is 329 g/mol. The second kappa shape index (κ2) is 5.84. The lowest BCUT2D eigenvalue weighted by atomic mass is 9.84. The number of hydrogen-bond donors (Lipinski definition) is 2. The maximum atomic E-state index is 11.5. The summed E-state index contributed by atoms with van der Waals surface area (Å²) in [5, 5.41) is 3.42. The monoisotopic (exact) mass is 347 g/mol. The van der Waals surface area contributed by atoms with E-state index in [1.807, 2.05) is 22.6 Å². The second-order valence-electron chi connectivity index (χ2n) is 4.68. The maximum absolute atomic E-state index is 11.5. The van der Waals surface area contributed by atoms with Crippen LogP contribution < -0.4 is 10.9 Å². The van der Waals surface area contributed by atoms with Crippen LogP contribution in [0.15, 0.2) is 11.1 Å². The minimum atomic E-state index is -0.0639. The quantitative estimate of drug-likeness (QED) is 0.827. The molecule has 2 N–H and O–H groups in total. The van der Waals surface area contributed by atoms with Crippen LogP contribution in [0.3, 0.4) is 0 Å². The largest absolute Gasteiger partial charge is 0.366 e. The van der Waals surface area contributed by atoms with Crippen molar-refractivity contribution in [3.63, 3.8) is 0 Å². The maximum Gasteiger partial charge on any atom is 0.266 e. The van der Waals surface area contributed by atoms with E-state index in [2.05, 4.69) is 22.2 Å². The van der Waals surface area contributed by atoms with E-state index in [1.165, 1.54) is 38.4 Å². The lowest BCUT2D eigenvalue weighted by Crippen LogP contribution is -2.29. The Morgan fingerprint density at radius 2 is 2.41 bits per heavy atom. The molecule has 5 heteroatoms. The Morgan fingerprint density at radius 1 is 1.59 bits per heavy atom. The average molecular weight is 347 g/mol. The first-order valence-electron chi connectivity index (χ1n) is 6.20. The average Bonchev–Trinajstić information content (AvgIpc) is 2.35. The van der Waals surface area contributed by atoms with Gasteiger partial charge in [0.1, 0.15) is 9.39 Å². The van der Waals surface area contributed by atoms with E-state index < -0.39 is 0 Å². The second-order valence-corrected chi connectivity index (χ2v) is 5.76. The van der Waals surface area contributed by atoms with Gasteiger partial charge < -0.3 is 10.3 Å². The highest BCUT2D eigenvalue weighted by Gasteiger charge is 2.21. The molecule has 0 aliphatic heterocycles. The molecule has 0 aromatic carbocycles. The zero-order chi connectivity index (χ0) is 12.3. The molecule has 2 atom stereocenters.